The lowest BCUT2D eigenvalue weighted by Gasteiger charge is -2.16. The maximum absolute atomic E-state index is 12.7. The largest absolute Gasteiger partial charge is 0.463 e. The number of hydrogen-bond acceptors (Lipinski definition) is 42. The number of carbonyl (C=O) groups excluding carboxylic acids is 20. The summed E-state index contributed by atoms with van der Waals surface area (Å²) >= 11 is 0. The van der Waals surface area contributed by atoms with Crippen molar-refractivity contribution in [2.75, 3.05) is 92.5 Å². The van der Waals surface area contributed by atoms with Crippen LogP contribution >= 0.6 is 0 Å². The van der Waals surface area contributed by atoms with E-state index >= 15 is 0 Å². The fourth-order valence-electron chi connectivity index (χ4n) is 10.8. The monoisotopic (exact) mass is 1990 g/mol. The van der Waals surface area contributed by atoms with Crippen LogP contribution in [0.4, 0.5) is 0 Å². The molecule has 2 N–H and O–H groups in total. The Morgan fingerprint density at radius 1 is 0.211 bits per heavy atom. The smallest absolute Gasteiger partial charge is 0.339 e. The Kier molecular flexibility index (Phi) is 58.4. The Morgan fingerprint density at radius 2 is 0.451 bits per heavy atom. The van der Waals surface area contributed by atoms with E-state index in [9.17, 15) is 95.9 Å². The van der Waals surface area contributed by atoms with Gasteiger partial charge in [0.2, 0.25) is 0 Å². The Hall–Kier alpha value is -15.4. The second-order valence-electron chi connectivity index (χ2n) is 30.8. The fraction of sp³-hybridized carbons (Fsp3) is 0.440. The van der Waals surface area contributed by atoms with Crippen molar-refractivity contribution in [1.29, 1.82) is 0 Å². The molecule has 42 heteroatoms. The Balaban J connectivity index is 0.000000487. The molecule has 0 aromatic heterocycles. The molecule has 0 radical (unpaired) electrons. The van der Waals surface area contributed by atoms with Gasteiger partial charge in [-0.1, -0.05) is 60.7 Å². The highest BCUT2D eigenvalue weighted by Gasteiger charge is 2.27. The molecule has 8 atom stereocenters. The Labute approximate surface area is 818 Å². The molecule has 0 spiro atoms. The molecule has 6 aromatic carbocycles. The summed E-state index contributed by atoms with van der Waals surface area (Å²) in [5.41, 5.74) is 1.50. The molecule has 0 aliphatic rings. The van der Waals surface area contributed by atoms with E-state index in [1.807, 2.05) is 0 Å². The number of unbranched alkanes of at least 4 members (excludes halogenated alkanes) is 2. The molecule has 0 aliphatic carbocycles. The van der Waals surface area contributed by atoms with Gasteiger partial charge in [-0.3, -0.25) is 47.9 Å². The third-order valence-electron chi connectivity index (χ3n) is 17.7. The minimum Gasteiger partial charge on any atom is -0.463 e. The number of carbonyl (C=O) groups is 20. The van der Waals surface area contributed by atoms with E-state index < -0.39 is 168 Å². The second-order valence-corrected chi connectivity index (χ2v) is 30.8. The van der Waals surface area contributed by atoms with E-state index in [2.05, 4.69) is 9.47 Å². The van der Waals surface area contributed by atoms with Crippen LogP contribution in [0.3, 0.4) is 0 Å². The first-order valence-electron chi connectivity index (χ1n) is 44.8. The summed E-state index contributed by atoms with van der Waals surface area (Å²) in [7, 11) is 0. The van der Waals surface area contributed by atoms with Crippen molar-refractivity contribution in [3.05, 3.63) is 213 Å². The molecular formula is C100H120O42. The molecule has 0 heterocycles. The zero-order valence-corrected chi connectivity index (χ0v) is 80.8. The minimum atomic E-state index is -0.780. The first-order valence-corrected chi connectivity index (χ1v) is 44.8. The van der Waals surface area contributed by atoms with E-state index in [0.717, 1.165) is 0 Å². The lowest BCUT2D eigenvalue weighted by molar-refractivity contribution is -0.158. The molecule has 142 heavy (non-hydrogen) atoms. The summed E-state index contributed by atoms with van der Waals surface area (Å²) in [6, 6.07) is 39.9. The zero-order valence-electron chi connectivity index (χ0n) is 80.8. The molecule has 0 saturated heterocycles. The Bertz CT molecular complexity index is 5070. The van der Waals surface area contributed by atoms with Gasteiger partial charge < -0.3 is 105 Å². The lowest BCUT2D eigenvalue weighted by atomic mass is 10.1. The van der Waals surface area contributed by atoms with Crippen molar-refractivity contribution in [3.8, 4) is 0 Å². The van der Waals surface area contributed by atoms with Crippen molar-refractivity contribution in [2.45, 2.75) is 196 Å². The molecule has 0 fully saturated rings. The van der Waals surface area contributed by atoms with Crippen LogP contribution in [0.1, 0.15) is 251 Å². The number of hydrogen-bond donors (Lipinski definition) is 2. The number of benzene rings is 6. The average Bonchev–Trinajstić information content (AvgIpc) is 0.841. The second kappa shape index (κ2) is 68.6. The van der Waals surface area contributed by atoms with Gasteiger partial charge >= 0.3 is 119 Å². The van der Waals surface area contributed by atoms with Gasteiger partial charge in [0.1, 0.15) is 129 Å². The highest BCUT2D eigenvalue weighted by atomic mass is 16.6. The van der Waals surface area contributed by atoms with E-state index in [0.29, 0.717) is 36.8 Å². The maximum Gasteiger partial charge on any atom is 0.339 e. The third-order valence-corrected chi connectivity index (χ3v) is 17.7. The van der Waals surface area contributed by atoms with Crippen molar-refractivity contribution in [3.63, 3.8) is 0 Å². The highest BCUT2D eigenvalue weighted by Crippen LogP contribution is 2.20. The summed E-state index contributed by atoms with van der Waals surface area (Å²) in [6.07, 6.45) is -4.02. The minimum absolute atomic E-state index is 0.000536. The summed E-state index contributed by atoms with van der Waals surface area (Å²) in [5, 5.41) is 18.1. The molecule has 42 nitrogen and oxygen atoms in total. The van der Waals surface area contributed by atoms with E-state index in [1.54, 1.807) is 120 Å². The van der Waals surface area contributed by atoms with Gasteiger partial charge in [0.05, 0.1) is 81.2 Å². The van der Waals surface area contributed by atoms with Crippen molar-refractivity contribution in [2.24, 2.45) is 0 Å². The zero-order chi connectivity index (χ0) is 105. The fourth-order valence-corrected chi connectivity index (χ4v) is 10.8. The standard InChI is InChI=1S/C28H26O8.C25H32O12.C24H30O12.C23H32O10/c1-19(35-26(30)22-13-7-4-8-14-22)18-34-27(31)23-15-9-10-16-24(23)28(32)36-20(2)17-33-25(29)21-11-5-3-6-12-21;1-15(35-19(5)27)13-33-22(28)10-11-23(29)36-16(2)14-34-24(30)20-6-8-21(9-7-20)25(31)37-17(3)12-32-18(4)26;1-17(25)31-11-13-33-21(27)5-3-4-6-22(28)34-14-16-36-24(30)20-9-7-19(8-10-20)23(29)35-15-12-32-18(2)26;1-15(25)13-30-20(26)10-6-7-11-21(27)32-17(3)14-31-22(28)18-8-4-5-9-19(18)23(29)33-16(2)12-24/h3-16,19-20H,17-18H2,1-2H3;6-9,15-17H,10-14H2,1-5H3;7-10H,3-6,11-16H2,1-2H3;4-5,8-9,15-17,24-25H,6-7,10-14H2,1-3H3. The number of aliphatic hydroxyl groups is 2. The number of rotatable bonds is 54. The first-order chi connectivity index (χ1) is 67.5. The maximum atomic E-state index is 12.7. The van der Waals surface area contributed by atoms with Crippen LogP contribution in [0.5, 0.6) is 0 Å². The molecule has 6 rings (SSSR count). The van der Waals surface area contributed by atoms with Gasteiger partial charge in [-0.15, -0.1) is 0 Å². The van der Waals surface area contributed by atoms with Crippen LogP contribution in [-0.4, -0.2) is 271 Å². The van der Waals surface area contributed by atoms with Crippen LogP contribution in [0.15, 0.2) is 158 Å². The molecular weight excluding hydrogens is 1870 g/mol. The molecule has 0 amide bonds. The molecule has 772 valence electrons. The lowest BCUT2D eigenvalue weighted by Crippen LogP contribution is -2.25. The van der Waals surface area contributed by atoms with Crippen molar-refractivity contribution in [1.82, 2.24) is 0 Å². The molecule has 0 aliphatic heterocycles. The molecule has 8 unspecified atom stereocenters. The van der Waals surface area contributed by atoms with E-state index in [4.69, 9.17) is 95.5 Å². The summed E-state index contributed by atoms with van der Waals surface area (Å²) in [5.74, 6) is -11.9. The molecule has 0 bridgehead atoms. The normalized spacial score (nSPS) is 12.0. The SMILES string of the molecule is CC(=O)OCC(C)OC(=O)c1ccc(C(=O)OCC(C)OC(=O)CCC(=O)OCC(C)OC(C)=O)cc1.CC(=O)OCCOC(=O)CCCCC(=O)OCCOC(=O)c1ccc(C(=O)OCCOC(C)=O)cc1.CC(COC(=O)c1ccccc1C(=O)OC(C)COC(=O)c1ccccc1)OC(=O)c1ccccc1.CC(O)COC(=O)CCCCC(=O)OC(C)COC(=O)c1ccccc1C(=O)OC(C)CO. The van der Waals surface area contributed by atoms with Crippen molar-refractivity contribution >= 4 is 119 Å². The molecule has 0 saturated carbocycles. The van der Waals surface area contributed by atoms with Gasteiger partial charge in [-0.05, 0) is 178 Å². The van der Waals surface area contributed by atoms with Crippen molar-refractivity contribution < 1.29 is 201 Å². The summed E-state index contributed by atoms with van der Waals surface area (Å²) < 4.78 is 100. The number of esters is 20. The number of aliphatic hydroxyl groups excluding tert-OH is 2. The van der Waals surface area contributed by atoms with E-state index in [1.165, 1.54) is 121 Å². The van der Waals surface area contributed by atoms with Gasteiger partial charge in [0, 0.05) is 53.4 Å². The highest BCUT2D eigenvalue weighted by molar-refractivity contribution is 6.04. The topological polar surface area (TPSA) is 566 Å². The average molecular weight is 1990 g/mol. The predicted molar refractivity (Wildman–Crippen MR) is 491 cm³/mol. The van der Waals surface area contributed by atoms with Crippen LogP contribution in [0.2, 0.25) is 0 Å². The number of ether oxygens (including phenoxy) is 20. The molecule has 6 aromatic rings. The Morgan fingerprint density at radius 3 is 0.810 bits per heavy atom. The quantitative estimate of drug-likeness (QED) is 0.0203. The third kappa shape index (κ3) is 54.1. The first kappa shape index (κ1) is 121. The summed E-state index contributed by atoms with van der Waals surface area (Å²) in [4.78, 5) is 235. The van der Waals surface area contributed by atoms with Crippen LogP contribution in [0, 0.1) is 0 Å². The van der Waals surface area contributed by atoms with Gasteiger partial charge in [0.25, 0.3) is 0 Å². The van der Waals surface area contributed by atoms with Gasteiger partial charge in [0.15, 0.2) is 0 Å². The van der Waals surface area contributed by atoms with Crippen LogP contribution in [-0.2, 0) is 143 Å². The van der Waals surface area contributed by atoms with E-state index in [-0.39, 0.29) is 176 Å². The predicted octanol–water partition coefficient (Wildman–Crippen LogP) is 10.2. The van der Waals surface area contributed by atoms with Crippen LogP contribution < -0.4 is 0 Å². The van der Waals surface area contributed by atoms with Gasteiger partial charge in [-0.25, -0.2) is 47.9 Å². The van der Waals surface area contributed by atoms with Crippen LogP contribution in [0.25, 0.3) is 0 Å². The summed E-state index contributed by atoms with van der Waals surface area (Å²) in [6.45, 7) is 15.5. The van der Waals surface area contributed by atoms with Gasteiger partial charge in [-0.2, -0.15) is 0 Å².